The number of nitrogens with zero attached hydrogens (tertiary/aromatic N) is 1. The van der Waals surface area contributed by atoms with Gasteiger partial charge >= 0.3 is 0 Å². The van der Waals surface area contributed by atoms with Gasteiger partial charge in [-0.15, -0.1) is 6.42 Å². The number of halogens is 1. The van der Waals surface area contributed by atoms with Gasteiger partial charge in [-0.1, -0.05) is 27.9 Å². The molecule has 0 amide bonds. The number of aliphatic hydroxyl groups is 1. The van der Waals surface area contributed by atoms with Crippen LogP contribution in [0.25, 0.3) is 0 Å². The van der Waals surface area contributed by atoms with Crippen molar-refractivity contribution in [2.24, 2.45) is 0 Å². The largest absolute Gasteiger partial charge is 0.389 e. The summed E-state index contributed by atoms with van der Waals surface area (Å²) in [7, 11) is 0. The van der Waals surface area contributed by atoms with Crippen LogP contribution in [0.3, 0.4) is 0 Å². The molecule has 0 saturated carbocycles. The maximum Gasteiger partial charge on any atom is 0.0791 e. The van der Waals surface area contributed by atoms with Crippen LogP contribution in [-0.4, -0.2) is 18.2 Å². The van der Waals surface area contributed by atoms with Crippen LogP contribution in [0.5, 0.6) is 0 Å². The number of hydrogen-bond acceptors (Lipinski definition) is 2. The third-order valence-corrected chi connectivity index (χ3v) is 2.94. The highest BCUT2D eigenvalue weighted by Gasteiger charge is 2.12. The topological polar surface area (TPSA) is 23.5 Å². The molecule has 16 heavy (non-hydrogen) atoms. The van der Waals surface area contributed by atoms with Crippen molar-refractivity contribution in [1.82, 2.24) is 0 Å². The summed E-state index contributed by atoms with van der Waals surface area (Å²) in [6.07, 6.45) is 4.85. The van der Waals surface area contributed by atoms with Crippen molar-refractivity contribution in [2.75, 3.05) is 18.0 Å². The van der Waals surface area contributed by atoms with Gasteiger partial charge in [0.05, 0.1) is 12.6 Å². The van der Waals surface area contributed by atoms with Gasteiger partial charge in [0, 0.05) is 22.3 Å². The molecule has 0 spiro atoms. The van der Waals surface area contributed by atoms with Gasteiger partial charge in [0.25, 0.3) is 0 Å². The SMILES string of the molecule is C#CCN(CC)c1cc(Br)ccc1C(C)O. The minimum absolute atomic E-state index is 0.491. The van der Waals surface area contributed by atoms with E-state index in [-0.39, 0.29) is 0 Å². The van der Waals surface area contributed by atoms with Crippen LogP contribution >= 0.6 is 15.9 Å². The van der Waals surface area contributed by atoms with Crippen LogP contribution in [0.4, 0.5) is 5.69 Å². The first-order valence-electron chi connectivity index (χ1n) is 5.26. The lowest BCUT2D eigenvalue weighted by Crippen LogP contribution is -2.24. The van der Waals surface area contributed by atoms with Crippen LogP contribution in [0, 0.1) is 12.3 Å². The van der Waals surface area contributed by atoms with Crippen molar-refractivity contribution in [1.29, 1.82) is 0 Å². The summed E-state index contributed by atoms with van der Waals surface area (Å²) in [4.78, 5) is 2.06. The van der Waals surface area contributed by atoms with E-state index in [1.165, 1.54) is 0 Å². The molecule has 1 aromatic rings. The minimum atomic E-state index is -0.491. The van der Waals surface area contributed by atoms with E-state index in [1.54, 1.807) is 6.92 Å². The number of benzene rings is 1. The van der Waals surface area contributed by atoms with Gasteiger partial charge in [-0.05, 0) is 26.0 Å². The minimum Gasteiger partial charge on any atom is -0.389 e. The smallest absolute Gasteiger partial charge is 0.0791 e. The van der Waals surface area contributed by atoms with Gasteiger partial charge in [-0.3, -0.25) is 0 Å². The van der Waals surface area contributed by atoms with Crippen molar-refractivity contribution in [3.8, 4) is 12.3 Å². The first kappa shape index (κ1) is 13.1. The van der Waals surface area contributed by atoms with Crippen molar-refractivity contribution in [3.63, 3.8) is 0 Å². The molecular weight excluding hydrogens is 266 g/mol. The Morgan fingerprint density at radius 2 is 2.25 bits per heavy atom. The van der Waals surface area contributed by atoms with Crippen LogP contribution in [-0.2, 0) is 0 Å². The molecule has 1 atom stereocenters. The molecular formula is C13H16BrNO. The zero-order valence-corrected chi connectivity index (χ0v) is 11.2. The molecule has 3 heteroatoms. The zero-order chi connectivity index (χ0) is 12.1. The van der Waals surface area contributed by atoms with Crippen LogP contribution in [0.1, 0.15) is 25.5 Å². The quantitative estimate of drug-likeness (QED) is 0.858. The van der Waals surface area contributed by atoms with Gasteiger partial charge in [0.2, 0.25) is 0 Å². The first-order valence-corrected chi connectivity index (χ1v) is 6.05. The average Bonchev–Trinajstić information content (AvgIpc) is 2.25. The number of terminal acetylenes is 1. The van der Waals surface area contributed by atoms with Crippen LogP contribution in [0.2, 0.25) is 0 Å². The molecule has 0 aromatic heterocycles. The Morgan fingerprint density at radius 3 is 2.75 bits per heavy atom. The highest BCUT2D eigenvalue weighted by atomic mass is 79.9. The molecule has 1 unspecified atom stereocenters. The zero-order valence-electron chi connectivity index (χ0n) is 9.57. The van der Waals surface area contributed by atoms with Crippen molar-refractivity contribution in [2.45, 2.75) is 20.0 Å². The van der Waals surface area contributed by atoms with Crippen molar-refractivity contribution >= 4 is 21.6 Å². The van der Waals surface area contributed by atoms with Gasteiger partial charge < -0.3 is 10.0 Å². The van der Waals surface area contributed by atoms with Crippen molar-refractivity contribution in [3.05, 3.63) is 28.2 Å². The summed E-state index contributed by atoms with van der Waals surface area (Å²) in [6.45, 7) is 5.17. The van der Waals surface area contributed by atoms with E-state index < -0.39 is 6.10 Å². The van der Waals surface area contributed by atoms with E-state index >= 15 is 0 Å². The molecule has 0 aliphatic carbocycles. The third-order valence-electron chi connectivity index (χ3n) is 2.45. The monoisotopic (exact) mass is 281 g/mol. The number of anilines is 1. The second kappa shape index (κ2) is 5.93. The van der Waals surface area contributed by atoms with Gasteiger partial charge in [0.15, 0.2) is 0 Å². The lowest BCUT2D eigenvalue weighted by atomic mass is 10.1. The maximum atomic E-state index is 9.71. The lowest BCUT2D eigenvalue weighted by Gasteiger charge is -2.24. The normalized spacial score (nSPS) is 11.9. The molecule has 0 fully saturated rings. The molecule has 1 rings (SSSR count). The molecule has 86 valence electrons. The Hall–Kier alpha value is -0.980. The highest BCUT2D eigenvalue weighted by molar-refractivity contribution is 9.10. The second-order valence-corrected chi connectivity index (χ2v) is 4.51. The van der Waals surface area contributed by atoms with Crippen LogP contribution < -0.4 is 4.90 Å². The molecule has 2 nitrogen and oxygen atoms in total. The fraction of sp³-hybridized carbons (Fsp3) is 0.385. The fourth-order valence-corrected chi connectivity index (χ4v) is 1.97. The highest BCUT2D eigenvalue weighted by Crippen LogP contribution is 2.29. The molecule has 0 saturated heterocycles. The molecule has 0 heterocycles. The maximum absolute atomic E-state index is 9.71. The predicted molar refractivity (Wildman–Crippen MR) is 71.5 cm³/mol. The summed E-state index contributed by atoms with van der Waals surface area (Å²) in [5, 5.41) is 9.71. The van der Waals surface area contributed by atoms with Gasteiger partial charge in [0.1, 0.15) is 0 Å². The van der Waals surface area contributed by atoms with E-state index in [0.29, 0.717) is 6.54 Å². The molecule has 0 aliphatic heterocycles. The third kappa shape index (κ3) is 3.01. The first-order chi connectivity index (χ1) is 7.60. The Morgan fingerprint density at radius 1 is 1.56 bits per heavy atom. The summed E-state index contributed by atoms with van der Waals surface area (Å²) in [5.74, 6) is 2.63. The summed E-state index contributed by atoms with van der Waals surface area (Å²) >= 11 is 3.43. The average molecular weight is 282 g/mol. The predicted octanol–water partition coefficient (Wildman–Crippen LogP) is 2.96. The second-order valence-electron chi connectivity index (χ2n) is 3.60. The number of aliphatic hydroxyl groups excluding tert-OH is 1. The molecule has 1 N–H and O–H groups in total. The van der Waals surface area contributed by atoms with Gasteiger partial charge in [-0.2, -0.15) is 0 Å². The van der Waals surface area contributed by atoms with E-state index in [1.807, 2.05) is 25.1 Å². The van der Waals surface area contributed by atoms with E-state index in [9.17, 15) is 5.11 Å². The summed E-state index contributed by atoms with van der Waals surface area (Å²) in [5.41, 5.74) is 1.89. The van der Waals surface area contributed by atoms with E-state index in [0.717, 1.165) is 22.3 Å². The molecule has 0 aliphatic rings. The van der Waals surface area contributed by atoms with Crippen LogP contribution in [0.15, 0.2) is 22.7 Å². The molecule has 0 radical (unpaired) electrons. The molecule has 0 bridgehead atoms. The van der Waals surface area contributed by atoms with Crippen molar-refractivity contribution < 1.29 is 5.11 Å². The Balaban J connectivity index is 3.17. The van der Waals surface area contributed by atoms with Gasteiger partial charge in [-0.25, -0.2) is 0 Å². The Kier molecular flexibility index (Phi) is 4.85. The number of rotatable bonds is 4. The molecule has 1 aromatic carbocycles. The summed E-state index contributed by atoms with van der Waals surface area (Å²) in [6, 6.07) is 5.83. The standard InChI is InChI=1S/C13H16BrNO/c1-4-8-15(5-2)13-9-11(14)6-7-12(13)10(3)16/h1,6-7,9-10,16H,5,8H2,2-3H3. The fourth-order valence-electron chi connectivity index (χ4n) is 1.62. The number of hydrogen-bond donors (Lipinski definition) is 1. The Labute approximate surface area is 105 Å². The lowest BCUT2D eigenvalue weighted by molar-refractivity contribution is 0.199. The van der Waals surface area contributed by atoms with E-state index in [4.69, 9.17) is 6.42 Å². The van der Waals surface area contributed by atoms with E-state index in [2.05, 4.69) is 26.8 Å². The summed E-state index contributed by atoms with van der Waals surface area (Å²) < 4.78 is 0.988. The Bertz CT molecular complexity index is 395.